The third kappa shape index (κ3) is 3.61. The molecule has 3 heteroatoms. The number of nitrogens with zero attached hydrogens (tertiary/aromatic N) is 1. The highest BCUT2D eigenvalue weighted by atomic mass is 19.1. The summed E-state index contributed by atoms with van der Waals surface area (Å²) in [5.41, 5.74) is 10.8. The van der Waals surface area contributed by atoms with Crippen LogP contribution in [0.25, 0.3) is 0 Å². The van der Waals surface area contributed by atoms with Gasteiger partial charge in [-0.05, 0) is 62.1 Å². The zero-order valence-corrected chi connectivity index (χ0v) is 13.2. The summed E-state index contributed by atoms with van der Waals surface area (Å²) < 4.78 is 14.4. The molecule has 2 N–H and O–H groups in total. The van der Waals surface area contributed by atoms with E-state index in [4.69, 9.17) is 5.73 Å². The van der Waals surface area contributed by atoms with Crippen molar-refractivity contribution in [3.8, 4) is 0 Å². The van der Waals surface area contributed by atoms with Crippen molar-refractivity contribution in [1.82, 2.24) is 0 Å². The number of hydrogen-bond donors (Lipinski definition) is 1. The summed E-state index contributed by atoms with van der Waals surface area (Å²) in [6, 6.07) is 11.4. The van der Waals surface area contributed by atoms with E-state index in [0.29, 0.717) is 12.1 Å². The number of aryl methyl sites for hydroxylation is 2. The third-order valence-electron chi connectivity index (χ3n) is 3.54. The van der Waals surface area contributed by atoms with E-state index in [-0.39, 0.29) is 11.9 Å². The second kappa shape index (κ2) is 6.27. The van der Waals surface area contributed by atoms with Crippen molar-refractivity contribution in [3.63, 3.8) is 0 Å². The Morgan fingerprint density at radius 1 is 1.14 bits per heavy atom. The Morgan fingerprint density at radius 2 is 1.76 bits per heavy atom. The smallest absolute Gasteiger partial charge is 0.147 e. The fourth-order valence-electron chi connectivity index (χ4n) is 2.72. The van der Waals surface area contributed by atoms with Crippen LogP contribution in [0, 0.1) is 19.7 Å². The standard InChI is InChI=1S/C18H23FN2/c1-12-8-13(2)10-16(9-12)21(4)18-15(11-14(3)20)6-5-7-17(18)19/h5-10,14H,11,20H2,1-4H3. The molecule has 2 aromatic carbocycles. The zero-order valence-electron chi connectivity index (χ0n) is 13.2. The number of anilines is 2. The maximum Gasteiger partial charge on any atom is 0.147 e. The lowest BCUT2D eigenvalue weighted by molar-refractivity contribution is 0.622. The lowest BCUT2D eigenvalue weighted by atomic mass is 10.0. The van der Waals surface area contributed by atoms with Crippen LogP contribution < -0.4 is 10.6 Å². The number of para-hydroxylation sites is 1. The Bertz CT molecular complexity index is 615. The first kappa shape index (κ1) is 15.5. The summed E-state index contributed by atoms with van der Waals surface area (Å²) in [4.78, 5) is 1.91. The predicted molar refractivity (Wildman–Crippen MR) is 87.7 cm³/mol. The molecule has 1 unspecified atom stereocenters. The summed E-state index contributed by atoms with van der Waals surface area (Å²) >= 11 is 0. The summed E-state index contributed by atoms with van der Waals surface area (Å²) in [5, 5.41) is 0. The van der Waals surface area contributed by atoms with Crippen molar-refractivity contribution in [2.45, 2.75) is 33.2 Å². The molecule has 0 aliphatic rings. The van der Waals surface area contributed by atoms with Crippen LogP contribution >= 0.6 is 0 Å². The Hall–Kier alpha value is -1.87. The molecule has 0 bridgehead atoms. The van der Waals surface area contributed by atoms with Crippen LogP contribution in [-0.4, -0.2) is 13.1 Å². The minimum absolute atomic E-state index is 0.00167. The number of hydrogen-bond acceptors (Lipinski definition) is 2. The highest BCUT2D eigenvalue weighted by Gasteiger charge is 2.15. The molecule has 0 spiro atoms. The molecule has 112 valence electrons. The first-order valence-corrected chi connectivity index (χ1v) is 7.23. The maximum atomic E-state index is 14.4. The topological polar surface area (TPSA) is 29.3 Å². The minimum atomic E-state index is -0.213. The first-order chi connectivity index (χ1) is 9.88. The van der Waals surface area contributed by atoms with Crippen molar-refractivity contribution in [1.29, 1.82) is 0 Å². The Balaban J connectivity index is 2.49. The van der Waals surface area contributed by atoms with E-state index in [0.717, 1.165) is 11.3 Å². The minimum Gasteiger partial charge on any atom is -0.342 e. The van der Waals surface area contributed by atoms with Gasteiger partial charge in [-0.2, -0.15) is 0 Å². The second-order valence-electron chi connectivity index (χ2n) is 5.83. The van der Waals surface area contributed by atoms with E-state index in [1.54, 1.807) is 6.07 Å². The molecule has 2 nitrogen and oxygen atoms in total. The molecule has 2 aromatic rings. The van der Waals surface area contributed by atoms with Gasteiger partial charge in [0.05, 0.1) is 5.69 Å². The Morgan fingerprint density at radius 3 is 2.33 bits per heavy atom. The van der Waals surface area contributed by atoms with Crippen LogP contribution in [0.5, 0.6) is 0 Å². The van der Waals surface area contributed by atoms with E-state index in [1.165, 1.54) is 17.2 Å². The molecule has 21 heavy (non-hydrogen) atoms. The van der Waals surface area contributed by atoms with Crippen LogP contribution in [0.1, 0.15) is 23.6 Å². The van der Waals surface area contributed by atoms with Crippen LogP contribution in [0.2, 0.25) is 0 Å². The van der Waals surface area contributed by atoms with Crippen LogP contribution in [0.4, 0.5) is 15.8 Å². The monoisotopic (exact) mass is 286 g/mol. The molecular formula is C18H23FN2. The molecule has 0 amide bonds. The number of halogens is 1. The van der Waals surface area contributed by atoms with Gasteiger partial charge in [-0.25, -0.2) is 4.39 Å². The van der Waals surface area contributed by atoms with E-state index in [9.17, 15) is 4.39 Å². The van der Waals surface area contributed by atoms with E-state index in [1.807, 2.05) is 24.9 Å². The van der Waals surface area contributed by atoms with Crippen molar-refractivity contribution >= 4 is 11.4 Å². The summed E-state index contributed by atoms with van der Waals surface area (Å²) in [5.74, 6) is -0.213. The largest absolute Gasteiger partial charge is 0.342 e. The molecule has 0 aliphatic carbocycles. The average Bonchev–Trinajstić information content (AvgIpc) is 2.36. The Labute approximate surface area is 126 Å². The van der Waals surface area contributed by atoms with Gasteiger partial charge in [-0.3, -0.25) is 0 Å². The van der Waals surface area contributed by atoms with Crippen LogP contribution in [0.15, 0.2) is 36.4 Å². The second-order valence-corrected chi connectivity index (χ2v) is 5.83. The van der Waals surface area contributed by atoms with Gasteiger partial charge in [0.1, 0.15) is 5.82 Å². The molecule has 0 aliphatic heterocycles. The SMILES string of the molecule is Cc1cc(C)cc(N(C)c2c(F)cccc2CC(C)N)c1. The third-order valence-corrected chi connectivity index (χ3v) is 3.54. The lowest BCUT2D eigenvalue weighted by Gasteiger charge is -2.24. The maximum absolute atomic E-state index is 14.4. The van der Waals surface area contributed by atoms with Gasteiger partial charge < -0.3 is 10.6 Å². The van der Waals surface area contributed by atoms with Gasteiger partial charge >= 0.3 is 0 Å². The van der Waals surface area contributed by atoms with Gasteiger partial charge in [0.2, 0.25) is 0 Å². The normalized spacial score (nSPS) is 12.3. The van der Waals surface area contributed by atoms with Gasteiger partial charge in [0.25, 0.3) is 0 Å². The Kier molecular flexibility index (Phi) is 4.63. The van der Waals surface area contributed by atoms with Crippen molar-refractivity contribution in [2.24, 2.45) is 5.73 Å². The quantitative estimate of drug-likeness (QED) is 0.917. The predicted octanol–water partition coefficient (Wildman–Crippen LogP) is 4.10. The van der Waals surface area contributed by atoms with Crippen LogP contribution in [0.3, 0.4) is 0 Å². The molecule has 0 aromatic heterocycles. The van der Waals surface area contributed by atoms with E-state index < -0.39 is 0 Å². The highest BCUT2D eigenvalue weighted by Crippen LogP contribution is 2.31. The van der Waals surface area contributed by atoms with Crippen molar-refractivity contribution in [2.75, 3.05) is 11.9 Å². The zero-order chi connectivity index (χ0) is 15.6. The van der Waals surface area contributed by atoms with E-state index >= 15 is 0 Å². The van der Waals surface area contributed by atoms with Gasteiger partial charge in [0, 0.05) is 18.8 Å². The average molecular weight is 286 g/mol. The summed E-state index contributed by atoms with van der Waals surface area (Å²) in [6.45, 7) is 6.04. The molecule has 0 saturated heterocycles. The fraction of sp³-hybridized carbons (Fsp3) is 0.333. The number of rotatable bonds is 4. The van der Waals surface area contributed by atoms with E-state index in [2.05, 4.69) is 32.0 Å². The summed E-state index contributed by atoms with van der Waals surface area (Å²) in [6.07, 6.45) is 0.655. The van der Waals surface area contributed by atoms with Gasteiger partial charge in [-0.15, -0.1) is 0 Å². The highest BCUT2D eigenvalue weighted by molar-refractivity contribution is 5.67. The van der Waals surface area contributed by atoms with Crippen molar-refractivity contribution in [3.05, 3.63) is 58.9 Å². The number of benzene rings is 2. The van der Waals surface area contributed by atoms with Gasteiger partial charge in [-0.1, -0.05) is 18.2 Å². The number of nitrogens with two attached hydrogens (primary N) is 1. The van der Waals surface area contributed by atoms with Gasteiger partial charge in [0.15, 0.2) is 0 Å². The molecule has 0 saturated carbocycles. The molecule has 2 rings (SSSR count). The molecule has 0 heterocycles. The molecule has 1 atom stereocenters. The lowest BCUT2D eigenvalue weighted by Crippen LogP contribution is -2.21. The molecule has 0 fully saturated rings. The molecule has 0 radical (unpaired) electrons. The fourth-order valence-corrected chi connectivity index (χ4v) is 2.72. The summed E-state index contributed by atoms with van der Waals surface area (Å²) in [7, 11) is 1.90. The molecular weight excluding hydrogens is 263 g/mol. The van der Waals surface area contributed by atoms with Crippen molar-refractivity contribution < 1.29 is 4.39 Å². The van der Waals surface area contributed by atoms with Crippen LogP contribution in [-0.2, 0) is 6.42 Å². The first-order valence-electron chi connectivity index (χ1n) is 7.23.